The van der Waals surface area contributed by atoms with E-state index < -0.39 is 5.97 Å². The lowest BCUT2D eigenvalue weighted by Crippen LogP contribution is -2.48. The van der Waals surface area contributed by atoms with Crippen molar-refractivity contribution >= 4 is 17.7 Å². The van der Waals surface area contributed by atoms with Crippen LogP contribution in [0.15, 0.2) is 24.3 Å². The third kappa shape index (κ3) is 3.83. The summed E-state index contributed by atoms with van der Waals surface area (Å²) in [5.74, 6) is -1.01. The standard InChI is InChI=1S/C16H18N2O3/c1-16(2)11-18(7-8-21-16)14-5-3-12(4-6-15(19)20)9-13(14)10-17/h3-6,9H,7-8,11H2,1-2H3,(H,19,20)/b6-4+. The van der Waals surface area contributed by atoms with Gasteiger partial charge in [-0.25, -0.2) is 4.79 Å². The fraction of sp³-hybridized carbons (Fsp3) is 0.375. The number of hydrogen-bond donors (Lipinski definition) is 1. The summed E-state index contributed by atoms with van der Waals surface area (Å²) in [7, 11) is 0. The van der Waals surface area contributed by atoms with Gasteiger partial charge < -0.3 is 14.7 Å². The quantitative estimate of drug-likeness (QED) is 0.863. The SMILES string of the molecule is CC1(C)CN(c2ccc(/C=C/C(=O)O)cc2C#N)CCO1. The predicted octanol–water partition coefficient (Wildman–Crippen LogP) is 2.27. The van der Waals surface area contributed by atoms with Crippen LogP contribution in [0.4, 0.5) is 5.69 Å². The van der Waals surface area contributed by atoms with Crippen LogP contribution in [0.2, 0.25) is 0 Å². The minimum atomic E-state index is -1.01. The van der Waals surface area contributed by atoms with Crippen molar-refractivity contribution in [2.24, 2.45) is 0 Å². The first-order valence-electron chi connectivity index (χ1n) is 6.75. The summed E-state index contributed by atoms with van der Waals surface area (Å²) < 4.78 is 5.68. The Balaban J connectivity index is 2.28. The Hall–Kier alpha value is -2.32. The number of benzene rings is 1. The van der Waals surface area contributed by atoms with Crippen molar-refractivity contribution in [3.8, 4) is 6.07 Å². The number of anilines is 1. The third-order valence-corrected chi connectivity index (χ3v) is 3.33. The first-order chi connectivity index (χ1) is 9.91. The van der Waals surface area contributed by atoms with Crippen LogP contribution >= 0.6 is 0 Å². The van der Waals surface area contributed by atoms with Gasteiger partial charge in [-0.3, -0.25) is 0 Å². The van der Waals surface area contributed by atoms with Crippen LogP contribution < -0.4 is 4.90 Å². The molecule has 1 heterocycles. The van der Waals surface area contributed by atoms with Crippen LogP contribution in [0.5, 0.6) is 0 Å². The van der Waals surface area contributed by atoms with Crippen LogP contribution in [0.1, 0.15) is 25.0 Å². The normalized spacial score (nSPS) is 17.7. The van der Waals surface area contributed by atoms with Crippen LogP contribution in [-0.2, 0) is 9.53 Å². The number of aliphatic carboxylic acids is 1. The number of carbonyl (C=O) groups is 1. The number of carboxylic acid groups (broad SMARTS) is 1. The fourth-order valence-corrected chi connectivity index (χ4v) is 2.41. The van der Waals surface area contributed by atoms with Gasteiger partial charge >= 0.3 is 5.97 Å². The molecule has 2 rings (SSSR count). The summed E-state index contributed by atoms with van der Waals surface area (Å²) in [4.78, 5) is 12.7. The highest BCUT2D eigenvalue weighted by atomic mass is 16.5. The largest absolute Gasteiger partial charge is 0.478 e. The van der Waals surface area contributed by atoms with Crippen LogP contribution in [-0.4, -0.2) is 36.4 Å². The van der Waals surface area contributed by atoms with E-state index in [-0.39, 0.29) is 5.60 Å². The Bertz CT molecular complexity index is 614. The highest BCUT2D eigenvalue weighted by molar-refractivity contribution is 5.85. The van der Waals surface area contributed by atoms with Crippen molar-refractivity contribution < 1.29 is 14.6 Å². The Kier molecular flexibility index (Phi) is 4.29. The first kappa shape index (κ1) is 15.1. The molecule has 5 nitrogen and oxygen atoms in total. The molecule has 0 saturated carbocycles. The Morgan fingerprint density at radius 2 is 2.29 bits per heavy atom. The molecule has 0 unspecified atom stereocenters. The monoisotopic (exact) mass is 286 g/mol. The van der Waals surface area contributed by atoms with E-state index in [1.807, 2.05) is 26.0 Å². The zero-order valence-electron chi connectivity index (χ0n) is 12.2. The molecule has 1 fully saturated rings. The number of hydrogen-bond acceptors (Lipinski definition) is 4. The van der Waals surface area contributed by atoms with Gasteiger partial charge in [0.15, 0.2) is 0 Å². The lowest BCUT2D eigenvalue weighted by molar-refractivity contribution is -0.131. The second-order valence-electron chi connectivity index (χ2n) is 5.59. The van der Waals surface area contributed by atoms with Crippen molar-refractivity contribution in [3.05, 3.63) is 35.4 Å². The second kappa shape index (κ2) is 5.98. The van der Waals surface area contributed by atoms with Crippen molar-refractivity contribution in [1.29, 1.82) is 5.26 Å². The van der Waals surface area contributed by atoms with Gasteiger partial charge in [0, 0.05) is 19.2 Å². The van der Waals surface area contributed by atoms with E-state index in [9.17, 15) is 10.1 Å². The highest BCUT2D eigenvalue weighted by Crippen LogP contribution is 2.27. The van der Waals surface area contributed by atoms with Gasteiger partial charge in [-0.15, -0.1) is 0 Å². The summed E-state index contributed by atoms with van der Waals surface area (Å²) in [5.41, 5.74) is 1.86. The van der Waals surface area contributed by atoms with Gasteiger partial charge in [0.2, 0.25) is 0 Å². The van der Waals surface area contributed by atoms with Gasteiger partial charge in [-0.1, -0.05) is 6.07 Å². The summed E-state index contributed by atoms with van der Waals surface area (Å²) in [6.07, 6.45) is 2.55. The smallest absolute Gasteiger partial charge is 0.328 e. The maximum Gasteiger partial charge on any atom is 0.328 e. The van der Waals surface area contributed by atoms with Crippen LogP contribution in [0, 0.1) is 11.3 Å². The minimum absolute atomic E-state index is 0.243. The molecule has 110 valence electrons. The molecule has 1 aliphatic rings. The van der Waals surface area contributed by atoms with Gasteiger partial charge in [0.1, 0.15) is 6.07 Å². The number of nitrogens with zero attached hydrogens (tertiary/aromatic N) is 2. The van der Waals surface area contributed by atoms with Crippen LogP contribution in [0.3, 0.4) is 0 Å². The molecule has 0 bridgehead atoms. The van der Waals surface area contributed by atoms with Gasteiger partial charge in [0.25, 0.3) is 0 Å². The van der Waals surface area contributed by atoms with Gasteiger partial charge in [-0.2, -0.15) is 5.26 Å². The molecule has 21 heavy (non-hydrogen) atoms. The number of nitriles is 1. The average Bonchev–Trinajstić information content (AvgIpc) is 2.43. The van der Waals surface area contributed by atoms with E-state index in [0.29, 0.717) is 24.3 Å². The van der Waals surface area contributed by atoms with E-state index in [1.54, 1.807) is 6.07 Å². The molecule has 0 radical (unpaired) electrons. The van der Waals surface area contributed by atoms with Crippen molar-refractivity contribution in [2.45, 2.75) is 19.4 Å². The van der Waals surface area contributed by atoms with Gasteiger partial charge in [0.05, 0.1) is 23.5 Å². The fourth-order valence-electron chi connectivity index (χ4n) is 2.41. The average molecular weight is 286 g/mol. The summed E-state index contributed by atoms with van der Waals surface area (Å²) in [5, 5.41) is 18.0. The second-order valence-corrected chi connectivity index (χ2v) is 5.59. The molecule has 1 aliphatic heterocycles. The molecule has 0 aromatic heterocycles. The number of carboxylic acids is 1. The molecule has 0 amide bonds. The first-order valence-corrected chi connectivity index (χ1v) is 6.75. The number of ether oxygens (including phenoxy) is 1. The van der Waals surface area contributed by atoms with Crippen LogP contribution in [0.25, 0.3) is 6.08 Å². The molecule has 1 aromatic carbocycles. The Morgan fingerprint density at radius 1 is 1.52 bits per heavy atom. The molecular weight excluding hydrogens is 268 g/mol. The Morgan fingerprint density at radius 3 is 2.90 bits per heavy atom. The maximum absolute atomic E-state index is 10.5. The molecular formula is C16H18N2O3. The molecule has 1 N–H and O–H groups in total. The number of morpholine rings is 1. The van der Waals surface area contributed by atoms with Gasteiger partial charge in [-0.05, 0) is 37.6 Å². The molecule has 5 heteroatoms. The van der Waals surface area contributed by atoms with Crippen molar-refractivity contribution in [2.75, 3.05) is 24.6 Å². The lowest BCUT2D eigenvalue weighted by atomic mass is 10.0. The summed E-state index contributed by atoms with van der Waals surface area (Å²) in [6, 6.07) is 7.57. The molecule has 1 saturated heterocycles. The van der Waals surface area contributed by atoms with E-state index in [0.717, 1.165) is 18.3 Å². The van der Waals surface area contributed by atoms with E-state index >= 15 is 0 Å². The zero-order chi connectivity index (χ0) is 15.5. The zero-order valence-corrected chi connectivity index (χ0v) is 12.2. The maximum atomic E-state index is 10.5. The summed E-state index contributed by atoms with van der Waals surface area (Å²) >= 11 is 0. The molecule has 1 aromatic rings. The van der Waals surface area contributed by atoms with Crippen molar-refractivity contribution in [3.63, 3.8) is 0 Å². The van der Waals surface area contributed by atoms with E-state index in [4.69, 9.17) is 9.84 Å². The third-order valence-electron chi connectivity index (χ3n) is 3.33. The van der Waals surface area contributed by atoms with E-state index in [2.05, 4.69) is 11.0 Å². The molecule has 0 spiro atoms. The van der Waals surface area contributed by atoms with Crippen molar-refractivity contribution in [1.82, 2.24) is 0 Å². The van der Waals surface area contributed by atoms with E-state index in [1.165, 1.54) is 6.08 Å². The highest BCUT2D eigenvalue weighted by Gasteiger charge is 2.28. The predicted molar refractivity (Wildman–Crippen MR) is 80.1 cm³/mol. The minimum Gasteiger partial charge on any atom is -0.478 e. The molecule has 0 aliphatic carbocycles. The lowest BCUT2D eigenvalue weighted by Gasteiger charge is -2.39. The number of rotatable bonds is 3. The molecule has 0 atom stereocenters. The Labute approximate surface area is 124 Å². The topological polar surface area (TPSA) is 73.6 Å². The summed E-state index contributed by atoms with van der Waals surface area (Å²) in [6.45, 7) is 6.12.